The molecule has 0 saturated heterocycles. The van der Waals surface area contributed by atoms with Crippen molar-refractivity contribution in [3.63, 3.8) is 0 Å². The van der Waals surface area contributed by atoms with Crippen LogP contribution in [0.25, 0.3) is 0 Å². The largest absolute Gasteiger partial charge is 0.497 e. The molecule has 6 nitrogen and oxygen atoms in total. The zero-order valence-corrected chi connectivity index (χ0v) is 15.3. The van der Waals surface area contributed by atoms with Gasteiger partial charge < -0.3 is 19.9 Å². The summed E-state index contributed by atoms with van der Waals surface area (Å²) in [6.45, 7) is 5.19. The van der Waals surface area contributed by atoms with Gasteiger partial charge in [-0.15, -0.1) is 0 Å². The SMILES string of the molecule is COc1ccc(CSCC[C@H](NC(=O)OC(C)(C)C)C(=O)O)cc1. The van der Waals surface area contributed by atoms with E-state index in [1.807, 2.05) is 24.3 Å². The third-order valence-corrected chi connectivity index (χ3v) is 4.03. The van der Waals surface area contributed by atoms with Crippen LogP contribution in [0.15, 0.2) is 24.3 Å². The lowest BCUT2D eigenvalue weighted by atomic mass is 10.2. The second-order valence-corrected chi connectivity index (χ2v) is 7.33. The van der Waals surface area contributed by atoms with Gasteiger partial charge in [-0.05, 0) is 50.6 Å². The molecule has 0 aliphatic heterocycles. The number of rotatable bonds is 8. The third kappa shape index (κ3) is 8.10. The highest BCUT2D eigenvalue weighted by Crippen LogP contribution is 2.17. The van der Waals surface area contributed by atoms with E-state index in [4.69, 9.17) is 9.47 Å². The van der Waals surface area contributed by atoms with Crippen molar-refractivity contribution in [2.45, 2.75) is 44.6 Å². The van der Waals surface area contributed by atoms with Crippen molar-refractivity contribution < 1.29 is 24.2 Å². The molecule has 24 heavy (non-hydrogen) atoms. The third-order valence-electron chi connectivity index (χ3n) is 2.97. The van der Waals surface area contributed by atoms with Crippen LogP contribution in [0.4, 0.5) is 4.79 Å². The van der Waals surface area contributed by atoms with Gasteiger partial charge >= 0.3 is 12.1 Å². The van der Waals surface area contributed by atoms with Gasteiger partial charge in [-0.25, -0.2) is 9.59 Å². The first-order valence-corrected chi connectivity index (χ1v) is 8.80. The van der Waals surface area contributed by atoms with Crippen LogP contribution < -0.4 is 10.1 Å². The first kappa shape index (κ1) is 20.2. The first-order valence-electron chi connectivity index (χ1n) is 7.64. The quantitative estimate of drug-likeness (QED) is 0.696. The maximum atomic E-state index is 11.7. The molecular weight excluding hydrogens is 330 g/mol. The number of thioether (sulfide) groups is 1. The fraction of sp³-hybridized carbons (Fsp3) is 0.529. The van der Waals surface area contributed by atoms with E-state index in [0.717, 1.165) is 17.1 Å². The molecule has 0 aromatic heterocycles. The number of amides is 1. The van der Waals surface area contributed by atoms with Gasteiger partial charge in [0.05, 0.1) is 7.11 Å². The van der Waals surface area contributed by atoms with Gasteiger partial charge in [0.25, 0.3) is 0 Å². The molecule has 1 atom stereocenters. The predicted molar refractivity (Wildman–Crippen MR) is 94.6 cm³/mol. The fourth-order valence-electron chi connectivity index (χ4n) is 1.82. The molecule has 1 rings (SSSR count). The molecule has 0 unspecified atom stereocenters. The summed E-state index contributed by atoms with van der Waals surface area (Å²) in [6.07, 6.45) is -0.384. The summed E-state index contributed by atoms with van der Waals surface area (Å²) in [5.74, 6) is 1.11. The molecule has 0 spiro atoms. The molecule has 0 radical (unpaired) electrons. The average molecular weight is 355 g/mol. The number of aliphatic carboxylic acids is 1. The molecule has 2 N–H and O–H groups in total. The predicted octanol–water partition coefficient (Wildman–Crippen LogP) is 3.30. The molecule has 134 valence electrons. The Morgan fingerprint density at radius 3 is 2.38 bits per heavy atom. The van der Waals surface area contributed by atoms with Crippen LogP contribution in [-0.2, 0) is 15.3 Å². The molecule has 0 fully saturated rings. The molecule has 0 aliphatic rings. The van der Waals surface area contributed by atoms with E-state index in [2.05, 4.69) is 5.32 Å². The molecule has 1 amide bonds. The topological polar surface area (TPSA) is 84.9 Å². The normalized spacial score (nSPS) is 12.3. The van der Waals surface area contributed by atoms with Crippen LogP contribution in [0.2, 0.25) is 0 Å². The number of carboxylic acids is 1. The number of hydrogen-bond donors (Lipinski definition) is 2. The number of carbonyl (C=O) groups excluding carboxylic acids is 1. The minimum Gasteiger partial charge on any atom is -0.497 e. The van der Waals surface area contributed by atoms with E-state index < -0.39 is 23.7 Å². The van der Waals surface area contributed by atoms with E-state index >= 15 is 0 Å². The summed E-state index contributed by atoms with van der Waals surface area (Å²) in [5, 5.41) is 11.6. The number of nitrogens with one attached hydrogen (secondary N) is 1. The lowest BCUT2D eigenvalue weighted by molar-refractivity contribution is -0.139. The van der Waals surface area contributed by atoms with Crippen molar-refractivity contribution >= 4 is 23.8 Å². The first-order chi connectivity index (χ1) is 11.2. The molecule has 0 heterocycles. The maximum Gasteiger partial charge on any atom is 0.408 e. The monoisotopic (exact) mass is 355 g/mol. The van der Waals surface area contributed by atoms with Gasteiger partial charge in [0.2, 0.25) is 0 Å². The van der Waals surface area contributed by atoms with Crippen LogP contribution >= 0.6 is 11.8 Å². The Balaban J connectivity index is 2.38. The lowest BCUT2D eigenvalue weighted by Gasteiger charge is -2.21. The Kier molecular flexibility index (Phi) is 7.91. The Labute approximate surface area is 146 Å². The van der Waals surface area contributed by atoms with E-state index in [1.165, 1.54) is 0 Å². The number of carboxylic acid groups (broad SMARTS) is 1. The number of carbonyl (C=O) groups is 2. The Hall–Kier alpha value is -1.89. The van der Waals surface area contributed by atoms with Crippen LogP contribution in [0.3, 0.4) is 0 Å². The highest BCUT2D eigenvalue weighted by Gasteiger charge is 2.23. The zero-order chi connectivity index (χ0) is 18.2. The molecular formula is C17H25NO5S. The summed E-state index contributed by atoms with van der Waals surface area (Å²) < 4.78 is 10.2. The second kappa shape index (κ2) is 9.42. The van der Waals surface area contributed by atoms with E-state index in [-0.39, 0.29) is 0 Å². The van der Waals surface area contributed by atoms with Gasteiger partial charge in [-0.2, -0.15) is 11.8 Å². The van der Waals surface area contributed by atoms with E-state index in [1.54, 1.807) is 39.6 Å². The van der Waals surface area contributed by atoms with E-state index in [9.17, 15) is 14.7 Å². The Morgan fingerprint density at radius 2 is 1.88 bits per heavy atom. The Morgan fingerprint density at radius 1 is 1.25 bits per heavy atom. The highest BCUT2D eigenvalue weighted by atomic mass is 32.2. The van der Waals surface area contributed by atoms with E-state index in [0.29, 0.717) is 12.2 Å². The van der Waals surface area contributed by atoms with Gasteiger partial charge in [0.1, 0.15) is 17.4 Å². The van der Waals surface area contributed by atoms with Crippen molar-refractivity contribution in [2.75, 3.05) is 12.9 Å². The summed E-state index contributed by atoms with van der Waals surface area (Å²) in [6, 6.07) is 6.77. The molecule has 0 bridgehead atoms. The number of benzene rings is 1. The van der Waals surface area contributed by atoms with Crippen LogP contribution in [0.5, 0.6) is 5.75 Å². The van der Waals surface area contributed by atoms with Gasteiger partial charge in [-0.3, -0.25) is 0 Å². The van der Waals surface area contributed by atoms with Crippen molar-refractivity contribution in [3.05, 3.63) is 29.8 Å². The van der Waals surface area contributed by atoms with Crippen molar-refractivity contribution in [1.29, 1.82) is 0 Å². The maximum absolute atomic E-state index is 11.7. The van der Waals surface area contributed by atoms with Crippen LogP contribution in [-0.4, -0.2) is 41.7 Å². The van der Waals surface area contributed by atoms with Crippen molar-refractivity contribution in [3.8, 4) is 5.75 Å². The summed E-state index contributed by atoms with van der Waals surface area (Å²) in [7, 11) is 1.62. The zero-order valence-electron chi connectivity index (χ0n) is 14.5. The minimum atomic E-state index is -1.06. The molecule has 1 aromatic rings. The fourth-order valence-corrected chi connectivity index (χ4v) is 2.80. The van der Waals surface area contributed by atoms with Crippen LogP contribution in [0, 0.1) is 0 Å². The minimum absolute atomic E-state index is 0.329. The molecule has 0 saturated carbocycles. The summed E-state index contributed by atoms with van der Waals surface area (Å²) in [4.78, 5) is 22.9. The summed E-state index contributed by atoms with van der Waals surface area (Å²) >= 11 is 1.61. The lowest BCUT2D eigenvalue weighted by Crippen LogP contribution is -2.43. The molecule has 7 heteroatoms. The number of methoxy groups -OCH3 is 1. The summed E-state index contributed by atoms with van der Waals surface area (Å²) in [5.41, 5.74) is 0.476. The highest BCUT2D eigenvalue weighted by molar-refractivity contribution is 7.98. The second-order valence-electron chi connectivity index (χ2n) is 6.23. The van der Waals surface area contributed by atoms with Gasteiger partial charge in [-0.1, -0.05) is 12.1 Å². The van der Waals surface area contributed by atoms with Crippen molar-refractivity contribution in [2.24, 2.45) is 0 Å². The number of hydrogen-bond acceptors (Lipinski definition) is 5. The smallest absolute Gasteiger partial charge is 0.408 e. The van der Waals surface area contributed by atoms with Gasteiger partial charge in [0.15, 0.2) is 0 Å². The van der Waals surface area contributed by atoms with Crippen LogP contribution in [0.1, 0.15) is 32.8 Å². The van der Waals surface area contributed by atoms with Gasteiger partial charge in [0, 0.05) is 5.75 Å². The van der Waals surface area contributed by atoms with Crippen molar-refractivity contribution in [1.82, 2.24) is 5.32 Å². The molecule has 1 aromatic carbocycles. The Bertz CT molecular complexity index is 539. The average Bonchev–Trinajstić information content (AvgIpc) is 2.48. The number of ether oxygens (including phenoxy) is 2. The molecule has 0 aliphatic carbocycles. The number of alkyl carbamates (subject to hydrolysis) is 1. The standard InChI is InChI=1S/C17H25NO5S/c1-17(2,3)23-16(21)18-14(15(19)20)9-10-24-11-12-5-7-13(22-4)8-6-12/h5-8,14H,9-11H2,1-4H3,(H,18,21)(H,19,20)/t14-/m0/s1.